The van der Waals surface area contributed by atoms with Gasteiger partial charge in [0.15, 0.2) is 4.67 Å². The molecule has 1 aromatic heterocycles. The summed E-state index contributed by atoms with van der Waals surface area (Å²) < 4.78 is 5.47. The fourth-order valence-electron chi connectivity index (χ4n) is 1.26. The molecule has 0 saturated carbocycles. The van der Waals surface area contributed by atoms with Crippen molar-refractivity contribution < 1.29 is 9.21 Å². The van der Waals surface area contributed by atoms with E-state index in [0.717, 1.165) is 0 Å². The van der Waals surface area contributed by atoms with Gasteiger partial charge in [-0.05, 0) is 28.9 Å². The number of hydrogen-bond donors (Lipinski definition) is 1. The van der Waals surface area contributed by atoms with E-state index in [1.807, 2.05) is 6.92 Å². The van der Waals surface area contributed by atoms with Crippen molar-refractivity contribution in [1.82, 2.24) is 4.90 Å². The van der Waals surface area contributed by atoms with Crippen LogP contribution in [0.4, 0.5) is 0 Å². The Morgan fingerprint density at radius 3 is 2.81 bits per heavy atom. The number of nitrogens with zero attached hydrogens (tertiary/aromatic N) is 1. The molecule has 0 spiro atoms. The van der Waals surface area contributed by atoms with Crippen LogP contribution in [0.1, 0.15) is 23.7 Å². The van der Waals surface area contributed by atoms with Gasteiger partial charge in [-0.1, -0.05) is 12.2 Å². The molecule has 1 heterocycles. The summed E-state index contributed by atoms with van der Waals surface area (Å²) in [6.07, 6.45) is 2.00. The van der Waals surface area contributed by atoms with E-state index in [1.165, 1.54) is 6.26 Å². The SMILES string of the molecule is CCN(CCC(N)=S)C(=O)c1ccoc1Br. The van der Waals surface area contributed by atoms with Crippen LogP contribution >= 0.6 is 28.1 Å². The highest BCUT2D eigenvalue weighted by atomic mass is 79.9. The van der Waals surface area contributed by atoms with Crippen LogP contribution in [-0.4, -0.2) is 28.9 Å². The molecule has 0 radical (unpaired) electrons. The number of rotatable bonds is 5. The molecule has 1 amide bonds. The van der Waals surface area contributed by atoms with Crippen molar-refractivity contribution >= 4 is 39.0 Å². The van der Waals surface area contributed by atoms with E-state index >= 15 is 0 Å². The van der Waals surface area contributed by atoms with Crippen molar-refractivity contribution in [3.8, 4) is 0 Å². The predicted molar refractivity (Wildman–Crippen MR) is 69.4 cm³/mol. The minimum atomic E-state index is -0.0839. The van der Waals surface area contributed by atoms with Crippen LogP contribution in [0.5, 0.6) is 0 Å². The molecule has 88 valence electrons. The first-order valence-corrected chi connectivity index (χ1v) is 6.07. The van der Waals surface area contributed by atoms with Gasteiger partial charge in [0.25, 0.3) is 5.91 Å². The molecule has 0 saturated heterocycles. The normalized spacial score (nSPS) is 10.1. The van der Waals surface area contributed by atoms with Gasteiger partial charge in [0.1, 0.15) is 0 Å². The van der Waals surface area contributed by atoms with Gasteiger partial charge < -0.3 is 15.1 Å². The van der Waals surface area contributed by atoms with E-state index in [4.69, 9.17) is 22.4 Å². The van der Waals surface area contributed by atoms with E-state index in [1.54, 1.807) is 11.0 Å². The summed E-state index contributed by atoms with van der Waals surface area (Å²) in [5.74, 6) is -0.0839. The lowest BCUT2D eigenvalue weighted by molar-refractivity contribution is 0.0767. The van der Waals surface area contributed by atoms with E-state index in [9.17, 15) is 4.79 Å². The van der Waals surface area contributed by atoms with Crippen LogP contribution < -0.4 is 5.73 Å². The Labute approximate surface area is 108 Å². The highest BCUT2D eigenvalue weighted by Crippen LogP contribution is 2.19. The molecule has 1 rings (SSSR count). The third-order valence-corrected chi connectivity index (χ3v) is 2.96. The molecule has 0 aliphatic carbocycles. The van der Waals surface area contributed by atoms with Gasteiger partial charge in [-0.15, -0.1) is 0 Å². The second-order valence-electron chi connectivity index (χ2n) is 3.21. The number of amides is 1. The summed E-state index contributed by atoms with van der Waals surface area (Å²) in [4.78, 5) is 14.1. The molecule has 16 heavy (non-hydrogen) atoms. The van der Waals surface area contributed by atoms with Gasteiger partial charge in [0.2, 0.25) is 0 Å². The maximum atomic E-state index is 12.0. The van der Waals surface area contributed by atoms with Crippen LogP contribution in [0, 0.1) is 0 Å². The third-order valence-electron chi connectivity index (χ3n) is 2.15. The zero-order valence-corrected chi connectivity index (χ0v) is 11.3. The van der Waals surface area contributed by atoms with Crippen LogP contribution in [0.15, 0.2) is 21.4 Å². The second-order valence-corrected chi connectivity index (χ2v) is 4.45. The van der Waals surface area contributed by atoms with Gasteiger partial charge in [0.05, 0.1) is 16.8 Å². The van der Waals surface area contributed by atoms with Crippen LogP contribution in [0.25, 0.3) is 0 Å². The first-order valence-electron chi connectivity index (χ1n) is 4.86. The largest absolute Gasteiger partial charge is 0.457 e. The Bertz CT molecular complexity index is 392. The van der Waals surface area contributed by atoms with Gasteiger partial charge in [-0.2, -0.15) is 0 Å². The monoisotopic (exact) mass is 304 g/mol. The average Bonchev–Trinajstić information content (AvgIpc) is 2.64. The minimum absolute atomic E-state index is 0.0839. The number of carbonyl (C=O) groups excluding carboxylic acids is 1. The summed E-state index contributed by atoms with van der Waals surface area (Å²) in [6, 6.07) is 1.63. The molecule has 4 nitrogen and oxygen atoms in total. The van der Waals surface area contributed by atoms with Crippen LogP contribution in [0.2, 0.25) is 0 Å². The van der Waals surface area contributed by atoms with Gasteiger partial charge >= 0.3 is 0 Å². The molecule has 0 aliphatic heterocycles. The van der Waals surface area contributed by atoms with E-state index in [-0.39, 0.29) is 5.91 Å². The van der Waals surface area contributed by atoms with E-state index in [0.29, 0.717) is 34.7 Å². The van der Waals surface area contributed by atoms with Crippen molar-refractivity contribution in [2.75, 3.05) is 13.1 Å². The Morgan fingerprint density at radius 1 is 1.69 bits per heavy atom. The summed E-state index contributed by atoms with van der Waals surface area (Å²) in [6.45, 7) is 3.05. The fourth-order valence-corrected chi connectivity index (χ4v) is 1.77. The minimum Gasteiger partial charge on any atom is -0.457 e. The zero-order valence-electron chi connectivity index (χ0n) is 8.90. The average molecular weight is 305 g/mol. The molecule has 0 aliphatic rings. The lowest BCUT2D eigenvalue weighted by Gasteiger charge is -2.19. The zero-order chi connectivity index (χ0) is 12.1. The number of thiocarbonyl (C=S) groups is 1. The Balaban J connectivity index is 2.70. The van der Waals surface area contributed by atoms with E-state index in [2.05, 4.69) is 15.9 Å². The highest BCUT2D eigenvalue weighted by molar-refractivity contribution is 9.10. The summed E-state index contributed by atoms with van der Waals surface area (Å²) in [5, 5.41) is 0. The fraction of sp³-hybridized carbons (Fsp3) is 0.400. The van der Waals surface area contributed by atoms with Crippen molar-refractivity contribution in [3.05, 3.63) is 22.6 Å². The standard InChI is InChI=1S/C10H13BrN2O2S/c1-2-13(5-3-8(12)16)10(14)7-4-6-15-9(7)11/h4,6H,2-3,5H2,1H3,(H2,12,16). The summed E-state index contributed by atoms with van der Waals surface area (Å²) >= 11 is 7.97. The molecular formula is C10H13BrN2O2S. The van der Waals surface area contributed by atoms with Crippen molar-refractivity contribution in [1.29, 1.82) is 0 Å². The van der Waals surface area contributed by atoms with Crippen molar-refractivity contribution in [2.24, 2.45) is 5.73 Å². The van der Waals surface area contributed by atoms with Gasteiger partial charge in [0, 0.05) is 19.5 Å². The quantitative estimate of drug-likeness (QED) is 0.847. The maximum Gasteiger partial charge on any atom is 0.258 e. The second kappa shape index (κ2) is 6.00. The smallest absolute Gasteiger partial charge is 0.258 e. The predicted octanol–water partition coefficient (Wildman–Crippen LogP) is 2.18. The Morgan fingerprint density at radius 2 is 2.38 bits per heavy atom. The molecule has 0 bridgehead atoms. The van der Waals surface area contributed by atoms with Crippen LogP contribution in [0.3, 0.4) is 0 Å². The van der Waals surface area contributed by atoms with E-state index < -0.39 is 0 Å². The third kappa shape index (κ3) is 3.31. The Kier molecular flexibility index (Phi) is 4.95. The van der Waals surface area contributed by atoms with Crippen LogP contribution in [-0.2, 0) is 0 Å². The van der Waals surface area contributed by atoms with Crippen molar-refractivity contribution in [2.45, 2.75) is 13.3 Å². The maximum absolute atomic E-state index is 12.0. The molecule has 0 aromatic carbocycles. The first kappa shape index (κ1) is 13.2. The molecule has 0 atom stereocenters. The molecule has 2 N–H and O–H groups in total. The highest BCUT2D eigenvalue weighted by Gasteiger charge is 2.18. The summed E-state index contributed by atoms with van der Waals surface area (Å²) in [5.41, 5.74) is 5.93. The summed E-state index contributed by atoms with van der Waals surface area (Å²) in [7, 11) is 0. The molecule has 0 unspecified atom stereocenters. The van der Waals surface area contributed by atoms with Gasteiger partial charge in [-0.3, -0.25) is 4.79 Å². The Hall–Kier alpha value is -0.880. The van der Waals surface area contributed by atoms with Gasteiger partial charge in [-0.25, -0.2) is 0 Å². The molecule has 0 fully saturated rings. The number of furan rings is 1. The topological polar surface area (TPSA) is 59.5 Å². The lowest BCUT2D eigenvalue weighted by Crippen LogP contribution is -2.33. The first-order chi connectivity index (χ1) is 7.56. The number of hydrogen-bond acceptors (Lipinski definition) is 3. The molecule has 6 heteroatoms. The number of carbonyl (C=O) groups is 1. The number of nitrogens with two attached hydrogens (primary N) is 1. The number of halogens is 1. The lowest BCUT2D eigenvalue weighted by atomic mass is 10.2. The van der Waals surface area contributed by atoms with Crippen molar-refractivity contribution in [3.63, 3.8) is 0 Å². The molecular weight excluding hydrogens is 292 g/mol. The molecule has 1 aromatic rings.